The molecule has 1 saturated heterocycles. The Kier molecular flexibility index (Phi) is 3.72. The number of hydrogen-bond donors (Lipinski definition) is 1. The highest BCUT2D eigenvalue weighted by Gasteiger charge is 2.28. The van der Waals surface area contributed by atoms with Crippen LogP contribution in [0.4, 0.5) is 13.2 Å². The van der Waals surface area contributed by atoms with Crippen molar-refractivity contribution >= 4 is 0 Å². The summed E-state index contributed by atoms with van der Waals surface area (Å²) in [6.07, 6.45) is -0.0844. The first-order valence-electron chi connectivity index (χ1n) is 5.90. The van der Waals surface area contributed by atoms with Crippen LogP contribution in [0.3, 0.4) is 0 Å². The smallest absolute Gasteiger partial charge is 0.165 e. The van der Waals surface area contributed by atoms with Crippen molar-refractivity contribution in [2.45, 2.75) is 25.9 Å². The molecule has 1 atom stereocenters. The van der Waals surface area contributed by atoms with Crippen LogP contribution in [0.1, 0.15) is 30.1 Å². The van der Waals surface area contributed by atoms with Crippen LogP contribution in [0.5, 0.6) is 0 Å². The minimum atomic E-state index is -1.41. The van der Waals surface area contributed by atoms with Gasteiger partial charge in [-0.15, -0.1) is 0 Å². The van der Waals surface area contributed by atoms with Gasteiger partial charge in [-0.05, 0) is 44.3 Å². The number of nitrogens with one attached hydrogen (secondary N) is 1. The van der Waals surface area contributed by atoms with E-state index in [4.69, 9.17) is 0 Å². The first-order chi connectivity index (χ1) is 8.11. The van der Waals surface area contributed by atoms with Crippen LogP contribution < -0.4 is 5.32 Å². The number of hydrogen-bond acceptors (Lipinski definition) is 1. The molecule has 2 rings (SSSR count). The van der Waals surface area contributed by atoms with Gasteiger partial charge in [0.1, 0.15) is 6.17 Å². The average Bonchev–Trinajstić information content (AvgIpc) is 2.36. The molecule has 0 aliphatic carbocycles. The molecule has 0 spiro atoms. The molecule has 0 amide bonds. The van der Waals surface area contributed by atoms with Gasteiger partial charge in [0, 0.05) is 5.56 Å². The zero-order valence-corrected chi connectivity index (χ0v) is 9.77. The quantitative estimate of drug-likeness (QED) is 0.840. The number of benzene rings is 1. The highest BCUT2D eigenvalue weighted by molar-refractivity contribution is 5.27. The molecule has 1 aliphatic heterocycles. The van der Waals surface area contributed by atoms with Gasteiger partial charge in [0.2, 0.25) is 0 Å². The summed E-state index contributed by atoms with van der Waals surface area (Å²) in [4.78, 5) is 0. The Morgan fingerprint density at radius 1 is 1.18 bits per heavy atom. The van der Waals surface area contributed by atoms with Crippen molar-refractivity contribution in [2.24, 2.45) is 5.92 Å². The average molecular weight is 243 g/mol. The van der Waals surface area contributed by atoms with Gasteiger partial charge in [-0.25, -0.2) is 13.2 Å². The van der Waals surface area contributed by atoms with Gasteiger partial charge < -0.3 is 5.32 Å². The Bertz CT molecular complexity index is 400. The molecule has 0 saturated carbocycles. The van der Waals surface area contributed by atoms with Crippen molar-refractivity contribution in [1.29, 1.82) is 0 Å². The normalized spacial score (nSPS) is 19.3. The monoisotopic (exact) mass is 243 g/mol. The maximum atomic E-state index is 14.2. The molecule has 1 heterocycles. The van der Waals surface area contributed by atoms with Gasteiger partial charge in [-0.2, -0.15) is 0 Å². The molecule has 0 bridgehead atoms. The lowest BCUT2D eigenvalue weighted by Crippen LogP contribution is -2.30. The molecule has 1 nitrogen and oxygen atoms in total. The number of rotatable bonds is 2. The third-order valence-electron chi connectivity index (χ3n) is 3.40. The van der Waals surface area contributed by atoms with E-state index in [0.29, 0.717) is 12.8 Å². The minimum Gasteiger partial charge on any atom is -0.317 e. The molecule has 0 radical (unpaired) electrons. The molecular formula is C13H16F3N. The summed E-state index contributed by atoms with van der Waals surface area (Å²) in [6.45, 7) is 2.95. The molecule has 1 aromatic carbocycles. The van der Waals surface area contributed by atoms with E-state index in [9.17, 15) is 13.2 Å². The van der Waals surface area contributed by atoms with Crippen LogP contribution in [-0.2, 0) is 0 Å². The van der Waals surface area contributed by atoms with Crippen LogP contribution in [0.15, 0.2) is 12.1 Å². The van der Waals surface area contributed by atoms with Gasteiger partial charge >= 0.3 is 0 Å². The van der Waals surface area contributed by atoms with Crippen molar-refractivity contribution in [3.8, 4) is 0 Å². The maximum Gasteiger partial charge on any atom is 0.165 e. The minimum absolute atomic E-state index is 0.139. The molecule has 1 aliphatic rings. The third-order valence-corrected chi connectivity index (χ3v) is 3.40. The lowest BCUT2D eigenvalue weighted by molar-refractivity contribution is 0.184. The van der Waals surface area contributed by atoms with E-state index >= 15 is 0 Å². The van der Waals surface area contributed by atoms with Gasteiger partial charge in [-0.3, -0.25) is 0 Å². The summed E-state index contributed by atoms with van der Waals surface area (Å²) < 4.78 is 41.2. The molecule has 4 heteroatoms. The largest absolute Gasteiger partial charge is 0.317 e. The number of halogens is 3. The van der Waals surface area contributed by atoms with E-state index in [-0.39, 0.29) is 17.0 Å². The Labute approximate surface area is 99.0 Å². The van der Waals surface area contributed by atoms with Crippen LogP contribution >= 0.6 is 0 Å². The van der Waals surface area contributed by atoms with Crippen molar-refractivity contribution in [1.82, 2.24) is 5.32 Å². The van der Waals surface area contributed by atoms with Gasteiger partial charge in [0.25, 0.3) is 0 Å². The Morgan fingerprint density at radius 3 is 2.47 bits per heavy atom. The van der Waals surface area contributed by atoms with E-state index in [2.05, 4.69) is 5.32 Å². The van der Waals surface area contributed by atoms with Crippen LogP contribution in [-0.4, -0.2) is 13.1 Å². The van der Waals surface area contributed by atoms with Crippen molar-refractivity contribution in [3.05, 3.63) is 34.9 Å². The Balaban J connectivity index is 2.24. The summed E-state index contributed by atoms with van der Waals surface area (Å²) in [5.41, 5.74) is 0.0729. The second-order valence-corrected chi connectivity index (χ2v) is 4.59. The van der Waals surface area contributed by atoms with E-state index in [1.807, 2.05) is 0 Å². The molecule has 1 fully saturated rings. The summed E-state index contributed by atoms with van der Waals surface area (Å²) in [7, 11) is 0. The summed E-state index contributed by atoms with van der Waals surface area (Å²) >= 11 is 0. The van der Waals surface area contributed by atoms with Crippen LogP contribution in [0.25, 0.3) is 0 Å². The van der Waals surface area contributed by atoms with Crippen molar-refractivity contribution in [2.75, 3.05) is 13.1 Å². The molecule has 17 heavy (non-hydrogen) atoms. The lowest BCUT2D eigenvalue weighted by atomic mass is 9.88. The second-order valence-electron chi connectivity index (χ2n) is 4.59. The third kappa shape index (κ3) is 2.46. The summed E-state index contributed by atoms with van der Waals surface area (Å²) in [5, 5.41) is 3.12. The molecule has 1 aromatic rings. The molecule has 94 valence electrons. The fourth-order valence-corrected chi connectivity index (χ4v) is 2.26. The molecule has 1 N–H and O–H groups in total. The predicted molar refractivity (Wildman–Crippen MR) is 60.5 cm³/mol. The van der Waals surface area contributed by atoms with Gasteiger partial charge in [0.05, 0.1) is 0 Å². The first-order valence-corrected chi connectivity index (χ1v) is 5.90. The Hall–Kier alpha value is -1.03. The van der Waals surface area contributed by atoms with E-state index in [1.54, 1.807) is 0 Å². The Morgan fingerprint density at radius 2 is 1.82 bits per heavy atom. The predicted octanol–water partition coefficient (Wildman–Crippen LogP) is 3.28. The fourth-order valence-electron chi connectivity index (χ4n) is 2.26. The lowest BCUT2D eigenvalue weighted by Gasteiger charge is -2.26. The van der Waals surface area contributed by atoms with E-state index < -0.39 is 17.8 Å². The van der Waals surface area contributed by atoms with E-state index in [1.165, 1.54) is 19.1 Å². The van der Waals surface area contributed by atoms with Crippen molar-refractivity contribution in [3.63, 3.8) is 0 Å². The summed E-state index contributed by atoms with van der Waals surface area (Å²) in [6, 6.07) is 2.79. The zero-order valence-electron chi connectivity index (χ0n) is 9.77. The maximum absolute atomic E-state index is 14.2. The fraction of sp³-hybridized carbons (Fsp3) is 0.538. The standard InChI is InChI=1S/C13H16F3N/c1-8-2-3-10(13(16)11(8)14)12(15)9-4-6-17-7-5-9/h2-3,9,12,17H,4-7H2,1H3. The number of alkyl halides is 1. The molecule has 1 unspecified atom stereocenters. The zero-order chi connectivity index (χ0) is 12.4. The molecule has 0 aromatic heterocycles. The van der Waals surface area contributed by atoms with Gasteiger partial charge in [0.15, 0.2) is 11.6 Å². The van der Waals surface area contributed by atoms with E-state index in [0.717, 1.165) is 13.1 Å². The molecular weight excluding hydrogens is 227 g/mol. The SMILES string of the molecule is Cc1ccc(C(F)C2CCNCC2)c(F)c1F. The van der Waals surface area contributed by atoms with Gasteiger partial charge in [-0.1, -0.05) is 12.1 Å². The number of piperidine rings is 1. The van der Waals surface area contributed by atoms with Crippen LogP contribution in [0, 0.1) is 24.5 Å². The van der Waals surface area contributed by atoms with Crippen LogP contribution in [0.2, 0.25) is 0 Å². The highest BCUT2D eigenvalue weighted by atomic mass is 19.2. The van der Waals surface area contributed by atoms with Crippen molar-refractivity contribution < 1.29 is 13.2 Å². The second kappa shape index (κ2) is 5.08. The highest BCUT2D eigenvalue weighted by Crippen LogP contribution is 2.34. The number of aryl methyl sites for hydroxylation is 1. The first kappa shape index (κ1) is 12.4. The summed E-state index contributed by atoms with van der Waals surface area (Å²) in [5.74, 6) is -2.18. The topological polar surface area (TPSA) is 12.0 Å².